The number of aliphatic hydroxyl groups is 1. The summed E-state index contributed by atoms with van der Waals surface area (Å²) in [4.78, 5) is 18.6. The number of rotatable bonds is 6. The second-order valence-electron chi connectivity index (χ2n) is 11.1. The van der Waals surface area contributed by atoms with E-state index in [4.69, 9.17) is 4.98 Å². The lowest BCUT2D eigenvalue weighted by Crippen LogP contribution is -2.19. The van der Waals surface area contributed by atoms with Crippen molar-refractivity contribution in [2.24, 2.45) is 0 Å². The zero-order valence-corrected chi connectivity index (χ0v) is 24.2. The number of nitrogens with zero attached hydrogens (tertiary/aromatic N) is 4. The van der Waals surface area contributed by atoms with Crippen LogP contribution in [0.5, 0.6) is 0 Å². The maximum absolute atomic E-state index is 14.5. The van der Waals surface area contributed by atoms with Crippen molar-refractivity contribution in [2.45, 2.75) is 33.4 Å². The summed E-state index contributed by atoms with van der Waals surface area (Å²) in [5.41, 5.74) is 7.67. The fourth-order valence-electron chi connectivity index (χ4n) is 6.15. The molecule has 0 bridgehead atoms. The first kappa shape index (κ1) is 27.6. The van der Waals surface area contributed by atoms with Crippen molar-refractivity contribution in [3.63, 3.8) is 0 Å². The molecule has 8 heteroatoms. The Kier molecular flexibility index (Phi) is 6.78. The summed E-state index contributed by atoms with van der Waals surface area (Å²) in [6.07, 6.45) is 2.10. The number of aromatic nitrogens is 4. The van der Waals surface area contributed by atoms with Crippen LogP contribution in [0.1, 0.15) is 32.9 Å². The summed E-state index contributed by atoms with van der Waals surface area (Å²) in [6.45, 7) is 3.60. The lowest BCUT2D eigenvalue weighted by molar-refractivity contribution is 0.0882. The average molecular weight is 587 g/mol. The summed E-state index contributed by atoms with van der Waals surface area (Å²) in [6, 6.07) is 24.6. The minimum Gasteiger partial charge on any atom is -0.392 e. The van der Waals surface area contributed by atoms with Gasteiger partial charge in [0.2, 0.25) is 0 Å². The number of halogens is 2. The van der Waals surface area contributed by atoms with Gasteiger partial charge in [0.25, 0.3) is 5.91 Å². The number of benzene rings is 4. The molecule has 0 atom stereocenters. The van der Waals surface area contributed by atoms with Gasteiger partial charge in [0.05, 0.1) is 23.8 Å². The van der Waals surface area contributed by atoms with Gasteiger partial charge in [-0.15, -0.1) is 0 Å². The highest BCUT2D eigenvalue weighted by Crippen LogP contribution is 2.33. The zero-order chi connectivity index (χ0) is 30.5. The van der Waals surface area contributed by atoms with E-state index in [-0.39, 0.29) is 24.9 Å². The Morgan fingerprint density at radius 3 is 2.48 bits per heavy atom. The van der Waals surface area contributed by atoms with E-state index in [0.717, 1.165) is 49.9 Å². The Morgan fingerprint density at radius 1 is 0.841 bits per heavy atom. The third kappa shape index (κ3) is 4.73. The van der Waals surface area contributed by atoms with Crippen molar-refractivity contribution in [3.8, 4) is 11.1 Å². The smallest absolute Gasteiger partial charge is 0.267 e. The highest BCUT2D eigenvalue weighted by atomic mass is 19.1. The van der Waals surface area contributed by atoms with Crippen LogP contribution in [-0.2, 0) is 19.6 Å². The fourth-order valence-corrected chi connectivity index (χ4v) is 6.15. The Labute approximate surface area is 251 Å². The number of hydrogen-bond donors (Lipinski definition) is 1. The van der Waals surface area contributed by atoms with Crippen LogP contribution in [0.2, 0.25) is 0 Å². The van der Waals surface area contributed by atoms with Gasteiger partial charge in [-0.3, -0.25) is 9.78 Å². The topological polar surface area (TPSA) is 72.9 Å². The van der Waals surface area contributed by atoms with Crippen molar-refractivity contribution in [3.05, 3.63) is 131 Å². The Bertz CT molecular complexity index is 2250. The molecule has 7 rings (SSSR count). The molecular formula is C36H28F2N4O2. The Hall–Kier alpha value is -5.21. The van der Waals surface area contributed by atoms with Gasteiger partial charge in [-0.2, -0.15) is 9.78 Å². The van der Waals surface area contributed by atoms with Crippen molar-refractivity contribution in [1.29, 1.82) is 0 Å². The van der Waals surface area contributed by atoms with Crippen molar-refractivity contribution < 1.29 is 18.7 Å². The molecule has 0 unspecified atom stereocenters. The van der Waals surface area contributed by atoms with Crippen LogP contribution in [0.4, 0.5) is 8.78 Å². The predicted molar refractivity (Wildman–Crippen MR) is 168 cm³/mol. The molecule has 0 aliphatic heterocycles. The van der Waals surface area contributed by atoms with Crippen LogP contribution >= 0.6 is 0 Å². The minimum atomic E-state index is -0.396. The Balaban J connectivity index is 1.26. The third-order valence-corrected chi connectivity index (χ3v) is 8.41. The highest BCUT2D eigenvalue weighted by Gasteiger charge is 2.21. The maximum Gasteiger partial charge on any atom is 0.267 e. The number of aliphatic hydroxyl groups excluding tert-OH is 1. The molecule has 0 fully saturated rings. The number of pyridine rings is 1. The molecule has 0 aliphatic rings. The second kappa shape index (κ2) is 10.8. The number of carbonyl (C=O) groups excluding carboxylic acids is 1. The molecule has 0 amide bonds. The molecule has 7 aromatic rings. The third-order valence-electron chi connectivity index (χ3n) is 8.41. The minimum absolute atomic E-state index is 0.00471. The van der Waals surface area contributed by atoms with E-state index >= 15 is 0 Å². The van der Waals surface area contributed by atoms with E-state index in [1.54, 1.807) is 18.3 Å². The van der Waals surface area contributed by atoms with E-state index in [9.17, 15) is 18.7 Å². The zero-order valence-electron chi connectivity index (χ0n) is 24.2. The van der Waals surface area contributed by atoms with Crippen LogP contribution < -0.4 is 0 Å². The van der Waals surface area contributed by atoms with Crippen LogP contribution in [0.15, 0.2) is 91.1 Å². The molecule has 6 nitrogen and oxygen atoms in total. The van der Waals surface area contributed by atoms with Gasteiger partial charge in [0, 0.05) is 39.5 Å². The van der Waals surface area contributed by atoms with Gasteiger partial charge in [0.1, 0.15) is 18.2 Å². The number of hydrogen-bond acceptors (Lipinski definition) is 4. The Morgan fingerprint density at radius 2 is 1.64 bits per heavy atom. The van der Waals surface area contributed by atoms with Gasteiger partial charge in [-0.05, 0) is 96.3 Å². The number of aryl methyl sites for hydroxylation is 1. The van der Waals surface area contributed by atoms with E-state index in [2.05, 4.69) is 5.10 Å². The van der Waals surface area contributed by atoms with E-state index in [1.807, 2.05) is 66.9 Å². The van der Waals surface area contributed by atoms with Crippen LogP contribution in [0.25, 0.3) is 43.8 Å². The molecule has 1 N–H and O–H groups in total. The molecule has 0 saturated heterocycles. The quantitative estimate of drug-likeness (QED) is 0.219. The van der Waals surface area contributed by atoms with Gasteiger partial charge in [0.15, 0.2) is 0 Å². The van der Waals surface area contributed by atoms with Crippen molar-refractivity contribution in [1.82, 2.24) is 19.3 Å². The first-order valence-electron chi connectivity index (χ1n) is 14.3. The van der Waals surface area contributed by atoms with E-state index < -0.39 is 5.82 Å². The van der Waals surface area contributed by atoms with Crippen molar-refractivity contribution in [2.75, 3.05) is 0 Å². The highest BCUT2D eigenvalue weighted by molar-refractivity contribution is 5.95. The summed E-state index contributed by atoms with van der Waals surface area (Å²) in [5, 5.41) is 16.7. The molecule has 3 aromatic heterocycles. The van der Waals surface area contributed by atoms with Gasteiger partial charge >= 0.3 is 0 Å². The first-order valence-corrected chi connectivity index (χ1v) is 14.3. The second-order valence-corrected chi connectivity index (χ2v) is 11.1. The standard InChI is InChI=1S/C36H28F2N4O2/c1-21-13-35-25(14-29(21)31-15-26(37)9-7-24(31)20-43)18-39-42(35)36(44)19-41-22(2)30(32-16-27(38)10-12-34(32)41)17-28-11-8-23-5-3-4-6-33(23)40-28/h3-16,18,43H,17,19-20H2,1-2H3. The summed E-state index contributed by atoms with van der Waals surface area (Å²) in [5.74, 6) is -0.998. The molecule has 3 heterocycles. The average Bonchev–Trinajstić information content (AvgIpc) is 3.54. The summed E-state index contributed by atoms with van der Waals surface area (Å²) in [7, 11) is 0. The van der Waals surface area contributed by atoms with Crippen molar-refractivity contribution >= 4 is 38.6 Å². The maximum atomic E-state index is 14.5. The molecule has 0 saturated carbocycles. The van der Waals surface area contributed by atoms with E-state index in [1.165, 1.54) is 28.9 Å². The summed E-state index contributed by atoms with van der Waals surface area (Å²) < 4.78 is 31.9. The molecule has 4 aromatic carbocycles. The van der Waals surface area contributed by atoms with E-state index in [0.29, 0.717) is 28.5 Å². The number of carbonyl (C=O) groups is 1. The summed E-state index contributed by atoms with van der Waals surface area (Å²) >= 11 is 0. The molecular weight excluding hydrogens is 558 g/mol. The SMILES string of the molecule is Cc1cc2c(cnn2C(=O)Cn2c(C)c(Cc3ccc4ccccc4n3)c3cc(F)ccc32)cc1-c1cc(F)ccc1CO. The largest absolute Gasteiger partial charge is 0.392 e. The fraction of sp³-hybridized carbons (Fsp3) is 0.139. The molecule has 218 valence electrons. The molecule has 44 heavy (non-hydrogen) atoms. The molecule has 0 radical (unpaired) electrons. The lowest BCUT2D eigenvalue weighted by atomic mass is 9.95. The van der Waals surface area contributed by atoms with Crippen LogP contribution in [-0.4, -0.2) is 30.3 Å². The number of para-hydroxylation sites is 1. The molecule has 0 aliphatic carbocycles. The van der Waals surface area contributed by atoms with Gasteiger partial charge < -0.3 is 9.67 Å². The van der Waals surface area contributed by atoms with Gasteiger partial charge in [-0.25, -0.2) is 8.78 Å². The molecule has 0 spiro atoms. The van der Waals surface area contributed by atoms with Crippen LogP contribution in [0.3, 0.4) is 0 Å². The van der Waals surface area contributed by atoms with Crippen LogP contribution in [0, 0.1) is 25.5 Å². The monoisotopic (exact) mass is 586 g/mol. The predicted octanol–water partition coefficient (Wildman–Crippen LogP) is 7.52. The van der Waals surface area contributed by atoms with Gasteiger partial charge in [-0.1, -0.05) is 30.3 Å². The number of fused-ring (bicyclic) bond motifs is 3. The lowest BCUT2D eigenvalue weighted by Gasteiger charge is -2.12. The normalized spacial score (nSPS) is 11.7. The first-order chi connectivity index (χ1) is 21.3.